The molecule has 0 radical (unpaired) electrons. The summed E-state index contributed by atoms with van der Waals surface area (Å²) in [7, 11) is 1.66. The minimum Gasteiger partial charge on any atom is -0.497 e. The lowest BCUT2D eigenvalue weighted by Crippen LogP contribution is -3.18. The number of quaternary nitrogens is 1. The second-order valence-corrected chi connectivity index (χ2v) is 10.8. The Bertz CT molecular complexity index is 1510. The Morgan fingerprint density at radius 1 is 1.00 bits per heavy atom. The molecule has 1 saturated heterocycles. The summed E-state index contributed by atoms with van der Waals surface area (Å²) >= 11 is 0. The second-order valence-electron chi connectivity index (χ2n) is 10.8. The molecule has 2 fully saturated rings. The number of ether oxygens (including phenoxy) is 1. The number of piperazine rings is 1. The molecule has 2 aliphatic carbocycles. The van der Waals surface area contributed by atoms with Crippen molar-refractivity contribution in [2.24, 2.45) is 0 Å². The highest BCUT2D eigenvalue weighted by molar-refractivity contribution is 6.28. The molecule has 2 heterocycles. The molecule has 1 saturated carbocycles. The zero-order valence-electron chi connectivity index (χ0n) is 21.8. The molecule has 0 bridgehead atoms. The molecule has 7 nitrogen and oxygen atoms in total. The van der Waals surface area contributed by atoms with Crippen molar-refractivity contribution < 1.29 is 19.0 Å². The smallest absolute Gasteiger partial charge is 0.196 e. The summed E-state index contributed by atoms with van der Waals surface area (Å²) in [5, 5.41) is 8.90. The summed E-state index contributed by atoms with van der Waals surface area (Å²) in [4.78, 5) is 18.1. The molecule has 4 aromatic rings. The molecule has 1 aliphatic heterocycles. The van der Waals surface area contributed by atoms with Crippen LogP contribution in [0.2, 0.25) is 0 Å². The van der Waals surface area contributed by atoms with Gasteiger partial charge in [-0.3, -0.25) is 4.79 Å². The lowest BCUT2D eigenvalue weighted by Gasteiger charge is -2.39. The molecule has 0 atom stereocenters. The van der Waals surface area contributed by atoms with Crippen molar-refractivity contribution in [1.82, 2.24) is 5.16 Å². The fraction of sp³-hybridized carbons (Fsp3) is 0.355. The Hall–Kier alpha value is -3.84. The number of benzene rings is 3. The second kappa shape index (κ2) is 9.48. The molecule has 7 heteroatoms. The van der Waals surface area contributed by atoms with E-state index >= 15 is 0 Å². The quantitative estimate of drug-likeness (QED) is 0.354. The van der Waals surface area contributed by atoms with Crippen LogP contribution in [0.15, 0.2) is 59.1 Å². The van der Waals surface area contributed by atoms with Crippen molar-refractivity contribution >= 4 is 33.7 Å². The fourth-order valence-corrected chi connectivity index (χ4v) is 6.69. The van der Waals surface area contributed by atoms with E-state index in [0.717, 1.165) is 71.5 Å². The van der Waals surface area contributed by atoms with E-state index in [4.69, 9.17) is 9.26 Å². The third-order valence-corrected chi connectivity index (χ3v) is 8.66. The number of fused-ring (bicyclic) bond motifs is 2. The van der Waals surface area contributed by atoms with Crippen molar-refractivity contribution in [1.29, 1.82) is 0 Å². The average molecular weight is 510 g/mol. The van der Waals surface area contributed by atoms with Gasteiger partial charge in [-0.15, -0.1) is 0 Å². The van der Waals surface area contributed by atoms with Crippen molar-refractivity contribution in [3.8, 4) is 17.1 Å². The molecule has 0 amide bonds. The number of nitrogens with zero attached hydrogens (tertiary/aromatic N) is 2. The maximum absolute atomic E-state index is 13.9. The molecule has 7 rings (SSSR count). The number of methoxy groups -OCH3 is 1. The van der Waals surface area contributed by atoms with Gasteiger partial charge in [0.15, 0.2) is 11.5 Å². The highest BCUT2D eigenvalue weighted by Gasteiger charge is 2.35. The molecule has 3 aliphatic rings. The highest BCUT2D eigenvalue weighted by atomic mass is 16.5. The van der Waals surface area contributed by atoms with Gasteiger partial charge in [-0.25, -0.2) is 0 Å². The topological polar surface area (TPSA) is 72.0 Å². The summed E-state index contributed by atoms with van der Waals surface area (Å²) < 4.78 is 11.4. The van der Waals surface area contributed by atoms with E-state index in [0.29, 0.717) is 16.9 Å². The zero-order chi connectivity index (χ0) is 25.6. The summed E-state index contributed by atoms with van der Waals surface area (Å²) in [6, 6.07) is 18.3. The lowest BCUT2D eigenvalue weighted by molar-refractivity contribution is -0.927. The van der Waals surface area contributed by atoms with Crippen LogP contribution in [0.3, 0.4) is 0 Å². The van der Waals surface area contributed by atoms with Gasteiger partial charge in [-0.1, -0.05) is 41.9 Å². The number of hydrogen-bond donors (Lipinski definition) is 2. The van der Waals surface area contributed by atoms with Crippen LogP contribution in [0, 0.1) is 0 Å². The predicted molar refractivity (Wildman–Crippen MR) is 149 cm³/mol. The van der Waals surface area contributed by atoms with Crippen LogP contribution < -0.4 is 19.9 Å². The molecule has 3 aromatic carbocycles. The van der Waals surface area contributed by atoms with Crippen molar-refractivity contribution in [2.75, 3.05) is 43.5 Å². The van der Waals surface area contributed by atoms with Crippen LogP contribution in [0.1, 0.15) is 48.0 Å². The largest absolute Gasteiger partial charge is 0.497 e. The Morgan fingerprint density at radius 2 is 1.79 bits per heavy atom. The lowest BCUT2D eigenvalue weighted by atomic mass is 9.86. The van der Waals surface area contributed by atoms with Crippen LogP contribution >= 0.6 is 0 Å². The Labute approximate surface area is 222 Å². The zero-order valence-corrected chi connectivity index (χ0v) is 21.8. The maximum Gasteiger partial charge on any atom is 0.196 e. The summed E-state index contributed by atoms with van der Waals surface area (Å²) in [5.74, 6) is 1.42. The number of carbonyl (C=O) groups excluding carboxylic acids is 1. The minimum atomic E-state index is -0.00944. The first-order valence-corrected chi connectivity index (χ1v) is 13.8. The van der Waals surface area contributed by atoms with Crippen molar-refractivity contribution in [3.05, 3.63) is 65.7 Å². The van der Waals surface area contributed by atoms with Gasteiger partial charge in [-0.05, 0) is 43.9 Å². The number of ketones is 1. The first kappa shape index (κ1) is 23.3. The number of carbonyl (C=O) groups is 1. The number of aromatic nitrogens is 1. The van der Waals surface area contributed by atoms with E-state index in [2.05, 4.69) is 21.4 Å². The van der Waals surface area contributed by atoms with Gasteiger partial charge in [0.05, 0.1) is 61.7 Å². The molecule has 38 heavy (non-hydrogen) atoms. The van der Waals surface area contributed by atoms with E-state index in [1.165, 1.54) is 32.1 Å². The Morgan fingerprint density at radius 3 is 2.58 bits per heavy atom. The average Bonchev–Trinajstić information content (AvgIpc) is 3.42. The molecular weight excluding hydrogens is 476 g/mol. The Kier molecular flexibility index (Phi) is 5.81. The molecule has 0 spiro atoms. The van der Waals surface area contributed by atoms with E-state index in [1.807, 2.05) is 48.5 Å². The minimum absolute atomic E-state index is 0.00944. The van der Waals surface area contributed by atoms with Gasteiger partial charge < -0.3 is 24.4 Å². The van der Waals surface area contributed by atoms with Gasteiger partial charge >= 0.3 is 0 Å². The number of anilines is 3. The molecule has 0 unspecified atom stereocenters. The van der Waals surface area contributed by atoms with Gasteiger partial charge in [0.1, 0.15) is 11.3 Å². The van der Waals surface area contributed by atoms with E-state index in [1.54, 1.807) is 12.0 Å². The van der Waals surface area contributed by atoms with Crippen molar-refractivity contribution in [3.63, 3.8) is 0 Å². The normalized spacial score (nSPS) is 18.0. The summed E-state index contributed by atoms with van der Waals surface area (Å²) in [5.41, 5.74) is 5.50. The SMILES string of the molecule is COc1cccc(Nc2cc(N3CC[NH+](C4CCCCC4)CC3)c3noc4c3c2C(=O)c2ccccc2-4)c1. The van der Waals surface area contributed by atoms with Crippen LogP contribution in [-0.2, 0) is 0 Å². The number of nitrogens with one attached hydrogen (secondary N) is 2. The van der Waals surface area contributed by atoms with Crippen LogP contribution in [0.4, 0.5) is 17.1 Å². The molecular formula is C31H33N4O3+. The van der Waals surface area contributed by atoms with Crippen LogP contribution in [0.5, 0.6) is 5.75 Å². The first-order valence-electron chi connectivity index (χ1n) is 13.8. The van der Waals surface area contributed by atoms with Gasteiger partial charge in [-0.2, -0.15) is 0 Å². The monoisotopic (exact) mass is 509 g/mol. The maximum atomic E-state index is 13.9. The highest BCUT2D eigenvalue weighted by Crippen LogP contribution is 2.46. The van der Waals surface area contributed by atoms with Gasteiger partial charge in [0.25, 0.3) is 0 Å². The summed E-state index contributed by atoms with van der Waals surface area (Å²) in [6.07, 6.45) is 6.85. The molecule has 2 N–H and O–H groups in total. The third kappa shape index (κ3) is 3.84. The summed E-state index contributed by atoms with van der Waals surface area (Å²) in [6.45, 7) is 4.18. The third-order valence-electron chi connectivity index (χ3n) is 8.66. The number of hydrogen-bond acceptors (Lipinski definition) is 6. The first-order chi connectivity index (χ1) is 18.7. The fourth-order valence-electron chi connectivity index (χ4n) is 6.69. The van der Waals surface area contributed by atoms with E-state index < -0.39 is 0 Å². The van der Waals surface area contributed by atoms with E-state index in [9.17, 15) is 4.79 Å². The number of rotatable bonds is 5. The van der Waals surface area contributed by atoms with Crippen molar-refractivity contribution in [2.45, 2.75) is 38.1 Å². The van der Waals surface area contributed by atoms with Gasteiger partial charge in [0, 0.05) is 22.9 Å². The standard InChI is InChI=1S/C31H32N4O3/c1-37-22-11-7-8-20(18-22)32-25-19-26(35-16-14-34(15-17-35)21-9-3-2-4-10-21)29-28-27(25)30(36)23-12-5-6-13-24(23)31(28)38-33-29/h5-8,11-13,18-19,21,32H,2-4,9-10,14-17H2,1H3/p+1. The van der Waals surface area contributed by atoms with E-state index in [-0.39, 0.29) is 5.78 Å². The van der Waals surface area contributed by atoms with Gasteiger partial charge in [0.2, 0.25) is 0 Å². The van der Waals surface area contributed by atoms with Crippen LogP contribution in [0.25, 0.3) is 22.2 Å². The predicted octanol–water partition coefficient (Wildman–Crippen LogP) is 4.83. The van der Waals surface area contributed by atoms with Crippen LogP contribution in [-0.4, -0.2) is 50.3 Å². The molecule has 1 aromatic heterocycles. The molecule has 194 valence electrons. The Balaban J connectivity index is 1.31.